The minimum Gasteiger partial charge on any atom is -0.497 e. The predicted octanol–water partition coefficient (Wildman–Crippen LogP) is 3.94. The summed E-state index contributed by atoms with van der Waals surface area (Å²) in [5.74, 6) is 0.759. The normalized spacial score (nSPS) is 15.6. The zero-order valence-electron chi connectivity index (χ0n) is 12.2. The van der Waals surface area contributed by atoms with E-state index in [-0.39, 0.29) is 0 Å². The Morgan fingerprint density at radius 3 is 2.81 bits per heavy atom. The summed E-state index contributed by atoms with van der Waals surface area (Å²) in [6.45, 7) is 0. The lowest BCUT2D eigenvalue weighted by Gasteiger charge is -2.21. The predicted molar refractivity (Wildman–Crippen MR) is 81.1 cm³/mol. The number of methoxy groups -OCH3 is 1. The van der Waals surface area contributed by atoms with Gasteiger partial charge in [-0.3, -0.25) is 4.68 Å². The molecule has 1 aromatic heterocycles. The highest BCUT2D eigenvalue weighted by molar-refractivity contribution is 5.71. The van der Waals surface area contributed by atoms with Crippen LogP contribution in [0, 0.1) is 11.3 Å². The first-order valence-corrected chi connectivity index (χ1v) is 7.44. The minimum atomic E-state index is 0.503. The van der Waals surface area contributed by atoms with Gasteiger partial charge in [-0.15, -0.1) is 0 Å². The van der Waals surface area contributed by atoms with Gasteiger partial charge in [-0.05, 0) is 31.0 Å². The van der Waals surface area contributed by atoms with Gasteiger partial charge in [-0.2, -0.15) is 10.4 Å². The van der Waals surface area contributed by atoms with Gasteiger partial charge >= 0.3 is 0 Å². The molecule has 3 rings (SSSR count). The molecule has 0 amide bonds. The molecule has 1 saturated carbocycles. The van der Waals surface area contributed by atoms with Gasteiger partial charge < -0.3 is 4.74 Å². The molecule has 108 valence electrons. The van der Waals surface area contributed by atoms with Crippen molar-refractivity contribution in [2.45, 2.75) is 38.1 Å². The molecule has 0 unspecified atom stereocenters. The van der Waals surface area contributed by atoms with Gasteiger partial charge in [0.05, 0.1) is 31.0 Å². The van der Waals surface area contributed by atoms with Crippen molar-refractivity contribution in [2.75, 3.05) is 7.11 Å². The highest BCUT2D eigenvalue weighted by Crippen LogP contribution is 2.31. The molecular formula is C17H19N3O. The van der Waals surface area contributed by atoms with E-state index in [0.717, 1.165) is 16.9 Å². The zero-order chi connectivity index (χ0) is 14.7. The molecular weight excluding hydrogens is 262 g/mol. The van der Waals surface area contributed by atoms with Crippen LogP contribution < -0.4 is 4.74 Å². The fraction of sp³-hybridized carbons (Fsp3) is 0.412. The molecule has 0 atom stereocenters. The third-order valence-electron chi connectivity index (χ3n) is 4.21. The fourth-order valence-electron chi connectivity index (χ4n) is 3.01. The highest BCUT2D eigenvalue weighted by Gasteiger charge is 2.17. The molecule has 1 aliphatic rings. The lowest BCUT2D eigenvalue weighted by atomic mass is 9.95. The van der Waals surface area contributed by atoms with Crippen molar-refractivity contribution >= 4 is 0 Å². The summed E-state index contributed by atoms with van der Waals surface area (Å²) in [6, 6.07) is 8.26. The number of nitriles is 1. The van der Waals surface area contributed by atoms with Crippen LogP contribution in [0.15, 0.2) is 30.6 Å². The quantitative estimate of drug-likeness (QED) is 0.856. The Kier molecular flexibility index (Phi) is 3.92. The maximum absolute atomic E-state index is 9.28. The summed E-state index contributed by atoms with van der Waals surface area (Å²) in [5, 5.41) is 13.8. The highest BCUT2D eigenvalue weighted by atomic mass is 16.5. The van der Waals surface area contributed by atoms with Crippen molar-refractivity contribution in [3.8, 4) is 22.9 Å². The standard InChI is InChI=1S/C17H19N3O/c1-21-16-8-7-13(10-18)17(9-16)14-11-19-20(12-14)15-5-3-2-4-6-15/h7-9,11-12,15H,2-6H2,1H3. The zero-order valence-corrected chi connectivity index (χ0v) is 12.2. The third kappa shape index (κ3) is 2.78. The molecule has 0 radical (unpaired) electrons. The number of hydrogen-bond donors (Lipinski definition) is 0. The number of ether oxygens (including phenoxy) is 1. The second-order valence-corrected chi connectivity index (χ2v) is 5.52. The Bertz CT molecular complexity index is 663. The second kappa shape index (κ2) is 6.01. The molecule has 4 nitrogen and oxygen atoms in total. The molecule has 2 aromatic rings. The summed E-state index contributed by atoms with van der Waals surface area (Å²) in [5.41, 5.74) is 2.52. The number of hydrogen-bond acceptors (Lipinski definition) is 3. The van der Waals surface area contributed by atoms with Gasteiger partial charge in [-0.1, -0.05) is 19.3 Å². The van der Waals surface area contributed by atoms with Gasteiger partial charge in [-0.25, -0.2) is 0 Å². The van der Waals surface area contributed by atoms with E-state index < -0.39 is 0 Å². The van der Waals surface area contributed by atoms with Gasteiger partial charge in [0.25, 0.3) is 0 Å². The van der Waals surface area contributed by atoms with Crippen LogP contribution in [0.25, 0.3) is 11.1 Å². The molecule has 0 saturated heterocycles. The Morgan fingerprint density at radius 1 is 1.29 bits per heavy atom. The van der Waals surface area contributed by atoms with E-state index in [2.05, 4.69) is 22.0 Å². The Hall–Kier alpha value is -2.28. The van der Waals surface area contributed by atoms with Crippen LogP contribution in [0.4, 0.5) is 0 Å². The third-order valence-corrected chi connectivity index (χ3v) is 4.21. The van der Waals surface area contributed by atoms with E-state index in [9.17, 15) is 5.26 Å². The average molecular weight is 281 g/mol. The van der Waals surface area contributed by atoms with Crippen LogP contribution >= 0.6 is 0 Å². The molecule has 0 aliphatic heterocycles. The molecule has 1 aliphatic carbocycles. The number of rotatable bonds is 3. The second-order valence-electron chi connectivity index (χ2n) is 5.52. The van der Waals surface area contributed by atoms with Crippen molar-refractivity contribution in [3.63, 3.8) is 0 Å². The lowest BCUT2D eigenvalue weighted by molar-refractivity contribution is 0.329. The largest absolute Gasteiger partial charge is 0.497 e. The number of nitrogens with zero attached hydrogens (tertiary/aromatic N) is 3. The SMILES string of the molecule is COc1ccc(C#N)c(-c2cnn(C3CCCCC3)c2)c1. The maximum atomic E-state index is 9.28. The van der Waals surface area contributed by atoms with Crippen LogP contribution in [0.3, 0.4) is 0 Å². The number of benzene rings is 1. The summed E-state index contributed by atoms with van der Waals surface area (Å²) in [4.78, 5) is 0. The van der Waals surface area contributed by atoms with E-state index in [4.69, 9.17) is 4.74 Å². The van der Waals surface area contributed by atoms with Crippen LogP contribution in [-0.4, -0.2) is 16.9 Å². The molecule has 1 aromatic carbocycles. The first kappa shape index (κ1) is 13.7. The van der Waals surface area contributed by atoms with Crippen molar-refractivity contribution in [1.82, 2.24) is 9.78 Å². The molecule has 1 heterocycles. The monoisotopic (exact) mass is 281 g/mol. The smallest absolute Gasteiger partial charge is 0.119 e. The maximum Gasteiger partial charge on any atom is 0.119 e. The van der Waals surface area contributed by atoms with E-state index >= 15 is 0 Å². The molecule has 4 heteroatoms. The first-order valence-electron chi connectivity index (χ1n) is 7.44. The van der Waals surface area contributed by atoms with Crippen molar-refractivity contribution in [1.29, 1.82) is 5.26 Å². The minimum absolute atomic E-state index is 0.503. The molecule has 0 bridgehead atoms. The molecule has 1 fully saturated rings. The van der Waals surface area contributed by atoms with Crippen LogP contribution in [0.1, 0.15) is 43.7 Å². The van der Waals surface area contributed by atoms with Crippen molar-refractivity contribution in [2.24, 2.45) is 0 Å². The van der Waals surface area contributed by atoms with Gasteiger partial charge in [0.15, 0.2) is 0 Å². The molecule has 21 heavy (non-hydrogen) atoms. The summed E-state index contributed by atoms with van der Waals surface area (Å²) in [6.07, 6.45) is 10.2. The molecule has 0 spiro atoms. The van der Waals surface area contributed by atoms with Crippen LogP contribution in [0.2, 0.25) is 0 Å². The van der Waals surface area contributed by atoms with E-state index in [1.165, 1.54) is 32.1 Å². The van der Waals surface area contributed by atoms with Crippen molar-refractivity contribution < 1.29 is 4.74 Å². The summed E-state index contributed by atoms with van der Waals surface area (Å²) < 4.78 is 7.33. The first-order chi connectivity index (χ1) is 10.3. The lowest BCUT2D eigenvalue weighted by Crippen LogP contribution is -2.12. The molecule has 0 N–H and O–H groups in total. The van der Waals surface area contributed by atoms with Crippen LogP contribution in [-0.2, 0) is 0 Å². The van der Waals surface area contributed by atoms with E-state index in [1.54, 1.807) is 13.2 Å². The van der Waals surface area contributed by atoms with Crippen molar-refractivity contribution in [3.05, 3.63) is 36.2 Å². The average Bonchev–Trinajstić information content (AvgIpc) is 3.05. The van der Waals surface area contributed by atoms with Gasteiger partial charge in [0.1, 0.15) is 5.75 Å². The summed E-state index contributed by atoms with van der Waals surface area (Å²) in [7, 11) is 1.64. The van der Waals surface area contributed by atoms with Gasteiger partial charge in [0.2, 0.25) is 0 Å². The Balaban J connectivity index is 1.94. The topological polar surface area (TPSA) is 50.8 Å². The number of aromatic nitrogens is 2. The van der Waals surface area contributed by atoms with E-state index in [1.807, 2.05) is 18.3 Å². The van der Waals surface area contributed by atoms with Gasteiger partial charge in [0, 0.05) is 17.3 Å². The fourth-order valence-corrected chi connectivity index (χ4v) is 3.01. The Labute approximate surface area is 125 Å². The van der Waals surface area contributed by atoms with E-state index in [0.29, 0.717) is 11.6 Å². The van der Waals surface area contributed by atoms with Crippen LogP contribution in [0.5, 0.6) is 5.75 Å². The Morgan fingerprint density at radius 2 is 2.10 bits per heavy atom. The summed E-state index contributed by atoms with van der Waals surface area (Å²) >= 11 is 0.